The van der Waals surface area contributed by atoms with Crippen molar-refractivity contribution in [3.63, 3.8) is 0 Å². The molecule has 1 amide bonds. The molecule has 0 saturated carbocycles. The number of rotatable bonds is 5. The average molecular weight is 425 g/mol. The van der Waals surface area contributed by atoms with Crippen LogP contribution in [0.1, 0.15) is 28.9 Å². The smallest absolute Gasteiger partial charge is 0.273 e. The SMILES string of the molecule is Nc1nccnc1C(=O)NCC1(c2cc(F)ccc2F)CCN(c2ncccn2)CC1. The zero-order valence-electron chi connectivity index (χ0n) is 16.6. The minimum Gasteiger partial charge on any atom is -0.382 e. The van der Waals surface area contributed by atoms with Crippen LogP contribution in [0.25, 0.3) is 0 Å². The van der Waals surface area contributed by atoms with Crippen LogP contribution in [-0.4, -0.2) is 45.5 Å². The third-order valence-electron chi connectivity index (χ3n) is 5.58. The van der Waals surface area contributed by atoms with E-state index in [9.17, 15) is 13.6 Å². The molecular weight excluding hydrogens is 404 g/mol. The Hall–Kier alpha value is -3.69. The Bertz CT molecular complexity index is 1070. The van der Waals surface area contributed by atoms with Crippen molar-refractivity contribution in [2.24, 2.45) is 0 Å². The van der Waals surface area contributed by atoms with Gasteiger partial charge in [-0.3, -0.25) is 4.79 Å². The van der Waals surface area contributed by atoms with E-state index in [-0.39, 0.29) is 23.6 Å². The number of nitrogens with zero attached hydrogens (tertiary/aromatic N) is 5. The number of halogens is 2. The lowest BCUT2D eigenvalue weighted by atomic mass is 9.72. The normalized spacial score (nSPS) is 15.5. The van der Waals surface area contributed by atoms with Crippen molar-refractivity contribution >= 4 is 17.7 Å². The highest BCUT2D eigenvalue weighted by atomic mass is 19.1. The van der Waals surface area contributed by atoms with Crippen LogP contribution in [-0.2, 0) is 5.41 Å². The van der Waals surface area contributed by atoms with Gasteiger partial charge in [-0.1, -0.05) is 0 Å². The molecule has 0 spiro atoms. The van der Waals surface area contributed by atoms with Crippen LogP contribution in [0, 0.1) is 11.6 Å². The highest BCUT2D eigenvalue weighted by Crippen LogP contribution is 2.37. The number of nitrogen functional groups attached to an aromatic ring is 1. The Kier molecular flexibility index (Phi) is 5.70. The molecule has 1 aliphatic rings. The maximum absolute atomic E-state index is 14.8. The van der Waals surface area contributed by atoms with Crippen LogP contribution in [0.4, 0.5) is 20.5 Å². The standard InChI is InChI=1S/C21H21F2N7O/c22-14-2-3-16(23)15(12-14)21(13-29-19(31)17-18(24)26-9-8-25-17)4-10-30(11-5-21)20-27-6-1-7-28-20/h1-3,6-9,12H,4-5,10-11,13H2,(H2,24,26)(H,29,31). The number of benzene rings is 1. The fourth-order valence-corrected chi connectivity index (χ4v) is 3.89. The van der Waals surface area contributed by atoms with E-state index in [1.807, 2.05) is 4.90 Å². The molecule has 8 nitrogen and oxygen atoms in total. The maximum atomic E-state index is 14.8. The second-order valence-corrected chi connectivity index (χ2v) is 7.41. The summed E-state index contributed by atoms with van der Waals surface area (Å²) in [5, 5.41) is 2.79. The van der Waals surface area contributed by atoms with Gasteiger partial charge in [0.05, 0.1) is 0 Å². The van der Waals surface area contributed by atoms with Gasteiger partial charge in [0.25, 0.3) is 5.91 Å². The molecule has 160 valence electrons. The van der Waals surface area contributed by atoms with Crippen LogP contribution in [0.3, 0.4) is 0 Å². The first-order chi connectivity index (χ1) is 15.0. The van der Waals surface area contributed by atoms with Crippen molar-refractivity contribution in [2.75, 3.05) is 30.3 Å². The Labute approximate surface area is 177 Å². The molecule has 0 unspecified atom stereocenters. The second kappa shape index (κ2) is 8.58. The number of hydrogen-bond donors (Lipinski definition) is 2. The summed E-state index contributed by atoms with van der Waals surface area (Å²) in [4.78, 5) is 31.0. The summed E-state index contributed by atoms with van der Waals surface area (Å²) in [5.41, 5.74) is 5.14. The number of anilines is 2. The molecule has 0 radical (unpaired) electrons. The molecular formula is C21H21F2N7O. The molecule has 3 aromatic rings. The molecule has 1 fully saturated rings. The van der Waals surface area contributed by atoms with E-state index in [4.69, 9.17) is 5.73 Å². The van der Waals surface area contributed by atoms with Crippen LogP contribution in [0.2, 0.25) is 0 Å². The summed E-state index contributed by atoms with van der Waals surface area (Å²) in [7, 11) is 0. The lowest BCUT2D eigenvalue weighted by molar-refractivity contribution is 0.0934. The molecule has 0 bridgehead atoms. The van der Waals surface area contributed by atoms with Gasteiger partial charge in [0.2, 0.25) is 5.95 Å². The number of hydrogen-bond acceptors (Lipinski definition) is 7. The number of aromatic nitrogens is 4. The maximum Gasteiger partial charge on any atom is 0.273 e. The van der Waals surface area contributed by atoms with Gasteiger partial charge in [-0.05, 0) is 42.7 Å². The molecule has 4 rings (SSSR count). The molecule has 0 aliphatic carbocycles. The second-order valence-electron chi connectivity index (χ2n) is 7.41. The lowest BCUT2D eigenvalue weighted by Gasteiger charge is -2.42. The summed E-state index contributed by atoms with van der Waals surface area (Å²) in [6.45, 7) is 1.12. The summed E-state index contributed by atoms with van der Waals surface area (Å²) >= 11 is 0. The third kappa shape index (κ3) is 4.27. The van der Waals surface area contributed by atoms with Crippen LogP contribution in [0.15, 0.2) is 49.1 Å². The molecule has 3 heterocycles. The Morgan fingerprint density at radius 1 is 1.06 bits per heavy atom. The monoisotopic (exact) mass is 425 g/mol. The summed E-state index contributed by atoms with van der Waals surface area (Å²) < 4.78 is 28.8. The third-order valence-corrected chi connectivity index (χ3v) is 5.58. The number of piperidine rings is 1. The van der Waals surface area contributed by atoms with Crippen LogP contribution >= 0.6 is 0 Å². The fourth-order valence-electron chi connectivity index (χ4n) is 3.89. The Morgan fingerprint density at radius 2 is 1.77 bits per heavy atom. The van der Waals surface area contributed by atoms with E-state index in [2.05, 4.69) is 25.3 Å². The van der Waals surface area contributed by atoms with E-state index < -0.39 is 23.0 Å². The van der Waals surface area contributed by atoms with Gasteiger partial charge in [0.15, 0.2) is 11.5 Å². The predicted molar refractivity (Wildman–Crippen MR) is 110 cm³/mol. The van der Waals surface area contributed by atoms with E-state index in [1.165, 1.54) is 18.5 Å². The van der Waals surface area contributed by atoms with E-state index >= 15 is 0 Å². The van der Waals surface area contributed by atoms with E-state index in [1.54, 1.807) is 18.5 Å². The summed E-state index contributed by atoms with van der Waals surface area (Å²) in [6.07, 6.45) is 6.98. The fraction of sp³-hybridized carbons (Fsp3) is 0.286. The largest absolute Gasteiger partial charge is 0.382 e. The Morgan fingerprint density at radius 3 is 2.48 bits per heavy atom. The molecule has 0 atom stereocenters. The summed E-state index contributed by atoms with van der Waals surface area (Å²) in [5.74, 6) is -0.988. The first kappa shape index (κ1) is 20.6. The quantitative estimate of drug-likeness (QED) is 0.644. The first-order valence-corrected chi connectivity index (χ1v) is 9.81. The molecule has 31 heavy (non-hydrogen) atoms. The van der Waals surface area contributed by atoms with Gasteiger partial charge in [0, 0.05) is 49.8 Å². The van der Waals surface area contributed by atoms with Crippen LogP contribution < -0.4 is 16.0 Å². The van der Waals surface area contributed by atoms with Gasteiger partial charge in [-0.2, -0.15) is 0 Å². The topological polar surface area (TPSA) is 110 Å². The zero-order chi connectivity index (χ0) is 21.8. The van der Waals surface area contributed by atoms with E-state index in [0.717, 1.165) is 12.1 Å². The average Bonchev–Trinajstić information content (AvgIpc) is 2.80. The first-order valence-electron chi connectivity index (χ1n) is 9.81. The summed E-state index contributed by atoms with van der Waals surface area (Å²) in [6, 6.07) is 5.13. The molecule has 2 aromatic heterocycles. The number of carbonyl (C=O) groups is 1. The van der Waals surface area contributed by atoms with Gasteiger partial charge in [0.1, 0.15) is 11.6 Å². The predicted octanol–water partition coefficient (Wildman–Crippen LogP) is 2.10. The van der Waals surface area contributed by atoms with Crippen molar-refractivity contribution in [3.05, 3.63) is 71.9 Å². The Balaban J connectivity index is 1.59. The highest BCUT2D eigenvalue weighted by molar-refractivity contribution is 5.96. The highest BCUT2D eigenvalue weighted by Gasteiger charge is 2.39. The van der Waals surface area contributed by atoms with Crippen molar-refractivity contribution in [1.82, 2.24) is 25.3 Å². The van der Waals surface area contributed by atoms with Crippen molar-refractivity contribution in [1.29, 1.82) is 0 Å². The van der Waals surface area contributed by atoms with Gasteiger partial charge >= 0.3 is 0 Å². The van der Waals surface area contributed by atoms with Crippen molar-refractivity contribution in [2.45, 2.75) is 18.3 Å². The molecule has 1 aliphatic heterocycles. The van der Waals surface area contributed by atoms with Crippen molar-refractivity contribution < 1.29 is 13.6 Å². The minimum absolute atomic E-state index is 0.00188. The van der Waals surface area contributed by atoms with Crippen molar-refractivity contribution in [3.8, 4) is 0 Å². The number of nitrogens with one attached hydrogen (secondary N) is 1. The molecule has 1 aromatic carbocycles. The molecule has 10 heteroatoms. The number of carbonyl (C=O) groups excluding carboxylic acids is 1. The minimum atomic E-state index is -0.815. The number of nitrogens with two attached hydrogens (primary N) is 1. The number of amides is 1. The zero-order valence-corrected chi connectivity index (χ0v) is 16.6. The van der Waals surface area contributed by atoms with Crippen LogP contribution in [0.5, 0.6) is 0 Å². The van der Waals surface area contributed by atoms with Gasteiger partial charge < -0.3 is 16.0 Å². The molecule has 1 saturated heterocycles. The van der Waals surface area contributed by atoms with Gasteiger partial charge in [-0.25, -0.2) is 28.7 Å². The molecule has 3 N–H and O–H groups in total. The lowest BCUT2D eigenvalue weighted by Crippen LogP contribution is -2.50. The van der Waals surface area contributed by atoms with E-state index in [0.29, 0.717) is 31.9 Å². The van der Waals surface area contributed by atoms with Gasteiger partial charge in [-0.15, -0.1) is 0 Å².